The minimum atomic E-state index is -0.590. The van der Waals surface area contributed by atoms with Crippen LogP contribution in [0.25, 0.3) is 22.3 Å². The highest BCUT2D eigenvalue weighted by molar-refractivity contribution is 6.31. The van der Waals surface area contributed by atoms with Gasteiger partial charge in [-0.2, -0.15) is 0 Å². The molecule has 4 aromatic rings. The van der Waals surface area contributed by atoms with Crippen molar-refractivity contribution in [2.45, 2.75) is 0 Å². The topological polar surface area (TPSA) is 99.7 Å². The normalized spacial score (nSPS) is 10.7. The molecule has 0 aliphatic heterocycles. The van der Waals surface area contributed by atoms with E-state index in [-0.39, 0.29) is 28.1 Å². The van der Waals surface area contributed by atoms with Crippen LogP contribution in [-0.4, -0.2) is 17.3 Å². The van der Waals surface area contributed by atoms with Crippen LogP contribution in [0.5, 0.6) is 5.75 Å². The first kappa shape index (κ1) is 20.3. The average Bonchev–Trinajstić information content (AvgIpc) is 2.79. The molecule has 8 heteroatoms. The molecule has 0 aliphatic rings. The van der Waals surface area contributed by atoms with E-state index in [1.54, 1.807) is 36.4 Å². The molecule has 0 bridgehead atoms. The Morgan fingerprint density at radius 2 is 1.81 bits per heavy atom. The summed E-state index contributed by atoms with van der Waals surface area (Å²) in [6.45, 7) is -0.502. The molecule has 0 atom stereocenters. The number of hydrogen-bond donors (Lipinski definition) is 0. The van der Waals surface area contributed by atoms with Crippen LogP contribution in [0.2, 0.25) is 5.02 Å². The Balaban J connectivity index is 1.75. The molecule has 1 heterocycles. The number of benzene rings is 3. The van der Waals surface area contributed by atoms with E-state index in [1.807, 2.05) is 6.07 Å². The zero-order chi connectivity index (χ0) is 22.0. The third kappa shape index (κ3) is 4.17. The zero-order valence-corrected chi connectivity index (χ0v) is 16.7. The van der Waals surface area contributed by atoms with E-state index in [9.17, 15) is 19.7 Å². The first-order valence-electron chi connectivity index (χ1n) is 9.16. The Morgan fingerprint density at radius 1 is 1.03 bits per heavy atom. The number of non-ortho nitro benzene ring substituents is 1. The fourth-order valence-corrected chi connectivity index (χ4v) is 3.25. The second-order valence-corrected chi connectivity index (χ2v) is 7.05. The number of fused-ring (bicyclic) bond motifs is 1. The summed E-state index contributed by atoms with van der Waals surface area (Å²) in [6.07, 6.45) is 0. The molecule has 0 radical (unpaired) electrons. The minimum absolute atomic E-state index is 0.101. The summed E-state index contributed by atoms with van der Waals surface area (Å²) in [5.74, 6) is -0.486. The Labute approximate surface area is 180 Å². The Morgan fingerprint density at radius 3 is 2.55 bits per heavy atom. The number of ether oxygens (including phenoxy) is 1. The fourth-order valence-electron chi connectivity index (χ4n) is 3.07. The van der Waals surface area contributed by atoms with Gasteiger partial charge in [0.05, 0.1) is 10.3 Å². The SMILES string of the molecule is O=C(COc1c(-c2ccccc2)oc2ccc(Cl)cc2c1=O)c1cccc([N+](=O)[O-])c1. The number of carbonyl (C=O) groups excluding carboxylic acids is 1. The minimum Gasteiger partial charge on any atom is -0.478 e. The lowest BCUT2D eigenvalue weighted by Crippen LogP contribution is -2.17. The average molecular weight is 436 g/mol. The Kier molecular flexibility index (Phi) is 5.51. The summed E-state index contributed by atoms with van der Waals surface area (Å²) >= 11 is 6.02. The van der Waals surface area contributed by atoms with Crippen molar-refractivity contribution in [3.05, 3.63) is 104 Å². The van der Waals surface area contributed by atoms with Crippen LogP contribution < -0.4 is 10.2 Å². The van der Waals surface area contributed by atoms with Crippen LogP contribution in [0.3, 0.4) is 0 Å². The fraction of sp³-hybridized carbons (Fsp3) is 0.0435. The van der Waals surface area contributed by atoms with Crippen molar-refractivity contribution in [2.75, 3.05) is 6.61 Å². The van der Waals surface area contributed by atoms with E-state index in [0.717, 1.165) is 6.07 Å². The van der Waals surface area contributed by atoms with E-state index >= 15 is 0 Å². The summed E-state index contributed by atoms with van der Waals surface area (Å²) in [5, 5.41) is 11.5. The Bertz CT molecular complexity index is 1360. The van der Waals surface area contributed by atoms with Crippen LogP contribution in [0.4, 0.5) is 5.69 Å². The molecule has 0 amide bonds. The van der Waals surface area contributed by atoms with E-state index in [1.165, 1.54) is 24.3 Å². The molecule has 0 saturated carbocycles. The second kappa shape index (κ2) is 8.41. The summed E-state index contributed by atoms with van der Waals surface area (Å²) in [7, 11) is 0. The number of hydrogen-bond acceptors (Lipinski definition) is 6. The number of nitro benzene ring substituents is 1. The van der Waals surface area contributed by atoms with E-state index in [4.69, 9.17) is 20.8 Å². The van der Waals surface area contributed by atoms with Gasteiger partial charge < -0.3 is 9.15 Å². The maximum atomic E-state index is 13.1. The van der Waals surface area contributed by atoms with Gasteiger partial charge in [0.2, 0.25) is 11.2 Å². The highest BCUT2D eigenvalue weighted by Gasteiger charge is 2.20. The molecule has 3 aromatic carbocycles. The van der Waals surface area contributed by atoms with Crippen molar-refractivity contribution in [3.63, 3.8) is 0 Å². The van der Waals surface area contributed by atoms with Crippen molar-refractivity contribution in [3.8, 4) is 17.1 Å². The molecule has 0 unspecified atom stereocenters. The first-order valence-corrected chi connectivity index (χ1v) is 9.54. The van der Waals surface area contributed by atoms with Crippen LogP contribution in [0.15, 0.2) is 82.0 Å². The van der Waals surface area contributed by atoms with Crippen molar-refractivity contribution >= 4 is 34.0 Å². The lowest BCUT2D eigenvalue weighted by atomic mass is 10.1. The molecule has 0 fully saturated rings. The summed E-state index contributed by atoms with van der Waals surface area (Å²) < 4.78 is 11.5. The van der Waals surface area contributed by atoms with Crippen LogP contribution in [0, 0.1) is 10.1 Å². The molecule has 0 saturated heterocycles. The molecule has 4 rings (SSSR count). The van der Waals surface area contributed by atoms with Gasteiger partial charge in [0, 0.05) is 28.3 Å². The van der Waals surface area contributed by atoms with Gasteiger partial charge >= 0.3 is 0 Å². The molecular formula is C23H14ClNO6. The standard InChI is InChI=1S/C23H14ClNO6/c24-16-9-10-20-18(12-16)21(27)23(22(31-20)14-5-2-1-3-6-14)30-13-19(26)15-7-4-8-17(11-15)25(28)29/h1-12H,13H2. The van der Waals surface area contributed by atoms with Gasteiger partial charge in [0.15, 0.2) is 18.2 Å². The Hall–Kier alpha value is -3.97. The molecule has 0 spiro atoms. The largest absolute Gasteiger partial charge is 0.478 e. The number of Topliss-reactive ketones (excluding diaryl/α,β-unsaturated/α-hetero) is 1. The van der Waals surface area contributed by atoms with Crippen molar-refractivity contribution in [1.29, 1.82) is 0 Å². The molecular weight excluding hydrogens is 422 g/mol. The highest BCUT2D eigenvalue weighted by Crippen LogP contribution is 2.31. The maximum Gasteiger partial charge on any atom is 0.270 e. The summed E-state index contributed by atoms with van der Waals surface area (Å²) in [6, 6.07) is 18.8. The predicted molar refractivity (Wildman–Crippen MR) is 116 cm³/mol. The van der Waals surface area contributed by atoms with Gasteiger partial charge in [-0.25, -0.2) is 0 Å². The summed E-state index contributed by atoms with van der Waals surface area (Å²) in [4.78, 5) is 36.1. The molecule has 154 valence electrons. The van der Waals surface area contributed by atoms with Gasteiger partial charge in [0.1, 0.15) is 5.58 Å². The predicted octanol–water partition coefficient (Wildman–Crippen LogP) is 5.28. The number of nitro groups is 1. The first-order chi connectivity index (χ1) is 14.9. The third-order valence-corrected chi connectivity index (χ3v) is 4.81. The van der Waals surface area contributed by atoms with E-state index in [0.29, 0.717) is 16.2 Å². The lowest BCUT2D eigenvalue weighted by Gasteiger charge is -2.11. The molecule has 1 aromatic heterocycles. The molecule has 7 nitrogen and oxygen atoms in total. The lowest BCUT2D eigenvalue weighted by molar-refractivity contribution is -0.384. The number of rotatable bonds is 6. The molecule has 31 heavy (non-hydrogen) atoms. The molecule has 0 N–H and O–H groups in total. The molecule has 0 aliphatic carbocycles. The number of nitrogens with zero attached hydrogens (tertiary/aromatic N) is 1. The quantitative estimate of drug-likeness (QED) is 0.232. The highest BCUT2D eigenvalue weighted by atomic mass is 35.5. The zero-order valence-electron chi connectivity index (χ0n) is 15.9. The van der Waals surface area contributed by atoms with Gasteiger partial charge in [-0.3, -0.25) is 19.7 Å². The van der Waals surface area contributed by atoms with Gasteiger partial charge in [0.25, 0.3) is 5.69 Å². The van der Waals surface area contributed by atoms with Crippen molar-refractivity contribution in [1.82, 2.24) is 0 Å². The van der Waals surface area contributed by atoms with Gasteiger partial charge in [-0.1, -0.05) is 54.1 Å². The van der Waals surface area contributed by atoms with Crippen molar-refractivity contribution in [2.24, 2.45) is 0 Å². The van der Waals surface area contributed by atoms with Crippen molar-refractivity contribution < 1.29 is 18.9 Å². The van der Waals surface area contributed by atoms with E-state index < -0.39 is 22.7 Å². The summed E-state index contributed by atoms with van der Waals surface area (Å²) in [5.41, 5.74) is 0.327. The van der Waals surface area contributed by atoms with E-state index in [2.05, 4.69) is 0 Å². The number of halogens is 1. The second-order valence-electron chi connectivity index (χ2n) is 6.62. The van der Waals surface area contributed by atoms with Crippen LogP contribution in [0.1, 0.15) is 10.4 Å². The third-order valence-electron chi connectivity index (χ3n) is 4.57. The smallest absolute Gasteiger partial charge is 0.270 e. The van der Waals surface area contributed by atoms with Gasteiger partial charge in [-0.15, -0.1) is 0 Å². The number of carbonyl (C=O) groups is 1. The van der Waals surface area contributed by atoms with Gasteiger partial charge in [-0.05, 0) is 18.2 Å². The number of ketones is 1. The van der Waals surface area contributed by atoms with Crippen LogP contribution >= 0.6 is 11.6 Å². The van der Waals surface area contributed by atoms with Crippen LogP contribution in [-0.2, 0) is 0 Å². The monoisotopic (exact) mass is 435 g/mol. The maximum absolute atomic E-state index is 13.1.